The molecule has 0 saturated carbocycles. The fourth-order valence-electron chi connectivity index (χ4n) is 3.66. The van der Waals surface area contributed by atoms with Crippen molar-refractivity contribution in [2.24, 2.45) is 10.4 Å². The van der Waals surface area contributed by atoms with E-state index in [4.69, 9.17) is 21.3 Å². The van der Waals surface area contributed by atoms with Gasteiger partial charge in [0.25, 0.3) is 0 Å². The zero-order chi connectivity index (χ0) is 16.4. The van der Waals surface area contributed by atoms with Gasteiger partial charge in [-0.15, -0.1) is 0 Å². The van der Waals surface area contributed by atoms with Crippen molar-refractivity contribution in [3.63, 3.8) is 0 Å². The van der Waals surface area contributed by atoms with E-state index in [0.717, 1.165) is 49.0 Å². The highest BCUT2D eigenvalue weighted by molar-refractivity contribution is 6.31. The monoisotopic (exact) mass is 340 g/mol. The number of ether oxygens (including phenoxy) is 1. The quantitative estimate of drug-likeness (QED) is 0.859. The number of rotatable bonds is 2. The number of benzene rings is 2. The van der Waals surface area contributed by atoms with Crippen molar-refractivity contribution in [2.75, 3.05) is 18.5 Å². The van der Waals surface area contributed by atoms with E-state index in [2.05, 4.69) is 35.6 Å². The Kier molecular flexibility index (Phi) is 4.30. The van der Waals surface area contributed by atoms with Gasteiger partial charge in [0.1, 0.15) is 5.84 Å². The van der Waals surface area contributed by atoms with Crippen molar-refractivity contribution in [3.05, 3.63) is 64.7 Å². The molecule has 4 heteroatoms. The Hall–Kier alpha value is -1.84. The minimum absolute atomic E-state index is 0.0634. The summed E-state index contributed by atoms with van der Waals surface area (Å²) in [4.78, 5) is 4.97. The second-order valence-corrected chi connectivity index (χ2v) is 7.08. The molecule has 1 spiro atoms. The summed E-state index contributed by atoms with van der Waals surface area (Å²) in [7, 11) is 0. The lowest BCUT2D eigenvalue weighted by molar-refractivity contribution is 0.0448. The third-order valence-corrected chi connectivity index (χ3v) is 5.30. The van der Waals surface area contributed by atoms with Crippen LogP contribution in [0.4, 0.5) is 5.69 Å². The molecule has 0 aliphatic carbocycles. The molecule has 3 nitrogen and oxygen atoms in total. The molecule has 0 bridgehead atoms. The van der Waals surface area contributed by atoms with Crippen LogP contribution in [0.3, 0.4) is 0 Å². The average molecular weight is 341 g/mol. The summed E-state index contributed by atoms with van der Waals surface area (Å²) in [6.45, 7) is 2.30. The lowest BCUT2D eigenvalue weighted by atomic mass is 9.71. The zero-order valence-corrected chi connectivity index (χ0v) is 14.4. The van der Waals surface area contributed by atoms with E-state index >= 15 is 0 Å². The molecular formula is C20H21ClN2O. The summed E-state index contributed by atoms with van der Waals surface area (Å²) in [6.07, 6.45) is 3.02. The lowest BCUT2D eigenvalue weighted by Gasteiger charge is -2.42. The normalized spacial score (nSPS) is 20.6. The number of hydrogen-bond donors (Lipinski definition) is 1. The second kappa shape index (κ2) is 6.58. The Labute approximate surface area is 147 Å². The first-order valence-electron chi connectivity index (χ1n) is 8.47. The molecule has 2 heterocycles. The molecule has 1 fully saturated rings. The van der Waals surface area contributed by atoms with Crippen molar-refractivity contribution in [3.8, 4) is 0 Å². The number of amidine groups is 1. The van der Waals surface area contributed by atoms with Crippen LogP contribution in [0.1, 0.15) is 24.0 Å². The smallest absolute Gasteiger partial charge is 0.108 e. The largest absolute Gasteiger partial charge is 0.381 e. The maximum absolute atomic E-state index is 6.17. The van der Waals surface area contributed by atoms with Gasteiger partial charge in [-0.2, -0.15) is 0 Å². The van der Waals surface area contributed by atoms with Crippen LogP contribution in [0.5, 0.6) is 0 Å². The molecule has 0 unspecified atom stereocenters. The summed E-state index contributed by atoms with van der Waals surface area (Å²) in [5.41, 5.74) is 3.70. The molecule has 2 aliphatic heterocycles. The van der Waals surface area contributed by atoms with Gasteiger partial charge in [-0.3, -0.25) is 4.99 Å². The summed E-state index contributed by atoms with van der Waals surface area (Å²) in [5.74, 6) is 1.09. The summed E-state index contributed by atoms with van der Waals surface area (Å²) in [6, 6.07) is 16.5. The van der Waals surface area contributed by atoms with Gasteiger partial charge in [-0.25, -0.2) is 0 Å². The van der Waals surface area contributed by atoms with Gasteiger partial charge < -0.3 is 10.1 Å². The van der Waals surface area contributed by atoms with Crippen molar-refractivity contribution in [1.82, 2.24) is 0 Å². The summed E-state index contributed by atoms with van der Waals surface area (Å²) in [5, 5.41) is 4.33. The molecule has 1 saturated heterocycles. The standard InChI is InChI=1S/C20H21ClN2O/c21-17-7-6-16-13-20(8-10-24-11-9-20)19(23-18(16)12-17)22-14-15-4-2-1-3-5-15/h1-7,12H,8-11,13-14H2,(H,22,23). The van der Waals surface area contributed by atoms with Crippen LogP contribution in [-0.2, 0) is 17.7 Å². The van der Waals surface area contributed by atoms with Crippen LogP contribution >= 0.6 is 11.6 Å². The van der Waals surface area contributed by atoms with Crippen LogP contribution in [-0.4, -0.2) is 19.0 Å². The van der Waals surface area contributed by atoms with Gasteiger partial charge in [-0.1, -0.05) is 48.0 Å². The Morgan fingerprint density at radius 1 is 1.08 bits per heavy atom. The molecule has 2 aliphatic rings. The molecule has 124 valence electrons. The van der Waals surface area contributed by atoms with Gasteiger partial charge in [0.15, 0.2) is 0 Å². The number of halogens is 1. The molecule has 1 N–H and O–H groups in total. The first kappa shape index (κ1) is 15.7. The summed E-state index contributed by atoms with van der Waals surface area (Å²) >= 11 is 6.17. The highest BCUT2D eigenvalue weighted by Crippen LogP contribution is 2.42. The van der Waals surface area contributed by atoms with Crippen LogP contribution in [0.2, 0.25) is 5.02 Å². The van der Waals surface area contributed by atoms with Gasteiger partial charge in [0, 0.05) is 29.3 Å². The van der Waals surface area contributed by atoms with Gasteiger partial charge in [0.05, 0.1) is 6.54 Å². The number of nitrogens with one attached hydrogen (secondary N) is 1. The fourth-order valence-corrected chi connectivity index (χ4v) is 3.84. The molecule has 0 radical (unpaired) electrons. The predicted octanol–water partition coefficient (Wildman–Crippen LogP) is 4.70. The van der Waals surface area contributed by atoms with Crippen LogP contribution in [0, 0.1) is 5.41 Å². The first-order chi connectivity index (χ1) is 11.8. The topological polar surface area (TPSA) is 33.6 Å². The van der Waals surface area contributed by atoms with Crippen molar-refractivity contribution in [1.29, 1.82) is 0 Å². The van der Waals surface area contributed by atoms with E-state index in [1.165, 1.54) is 11.1 Å². The minimum atomic E-state index is 0.0634. The maximum atomic E-state index is 6.17. The zero-order valence-electron chi connectivity index (χ0n) is 13.6. The molecule has 24 heavy (non-hydrogen) atoms. The van der Waals surface area contributed by atoms with E-state index in [9.17, 15) is 0 Å². The number of fused-ring (bicyclic) bond motifs is 1. The minimum Gasteiger partial charge on any atom is -0.381 e. The maximum Gasteiger partial charge on any atom is 0.108 e. The lowest BCUT2D eigenvalue weighted by Crippen LogP contribution is -2.45. The number of hydrogen-bond acceptors (Lipinski definition) is 2. The Morgan fingerprint density at radius 3 is 2.67 bits per heavy atom. The van der Waals surface area contributed by atoms with Gasteiger partial charge >= 0.3 is 0 Å². The highest BCUT2D eigenvalue weighted by Gasteiger charge is 2.41. The van der Waals surface area contributed by atoms with Crippen LogP contribution in [0.15, 0.2) is 53.5 Å². The van der Waals surface area contributed by atoms with E-state index in [0.29, 0.717) is 6.54 Å². The number of nitrogens with zero attached hydrogens (tertiary/aromatic N) is 1. The van der Waals surface area contributed by atoms with Gasteiger partial charge in [0.2, 0.25) is 0 Å². The van der Waals surface area contributed by atoms with Crippen molar-refractivity contribution in [2.45, 2.75) is 25.8 Å². The average Bonchev–Trinajstić information content (AvgIpc) is 2.62. The molecule has 0 atom stereocenters. The second-order valence-electron chi connectivity index (χ2n) is 6.65. The number of aliphatic imine (C=N–C) groups is 1. The summed E-state index contributed by atoms with van der Waals surface area (Å²) < 4.78 is 5.61. The number of anilines is 1. The van der Waals surface area contributed by atoms with Crippen molar-refractivity contribution >= 4 is 23.1 Å². The Bertz CT molecular complexity index is 751. The third-order valence-electron chi connectivity index (χ3n) is 5.07. The first-order valence-corrected chi connectivity index (χ1v) is 8.85. The van der Waals surface area contributed by atoms with E-state index in [1.54, 1.807) is 0 Å². The molecular weight excluding hydrogens is 320 g/mol. The molecule has 2 aromatic rings. The SMILES string of the molecule is Clc1ccc2c(c1)NC(=NCc1ccccc1)C1(CCOCC1)C2. The van der Waals surface area contributed by atoms with Gasteiger partial charge in [-0.05, 0) is 42.5 Å². The molecule has 2 aromatic carbocycles. The highest BCUT2D eigenvalue weighted by atomic mass is 35.5. The molecule has 0 amide bonds. The Balaban J connectivity index is 1.68. The molecule has 0 aromatic heterocycles. The third kappa shape index (κ3) is 3.06. The van der Waals surface area contributed by atoms with Crippen LogP contribution in [0.25, 0.3) is 0 Å². The van der Waals surface area contributed by atoms with E-state index in [-0.39, 0.29) is 5.41 Å². The predicted molar refractivity (Wildman–Crippen MR) is 98.8 cm³/mol. The van der Waals surface area contributed by atoms with Crippen LogP contribution < -0.4 is 5.32 Å². The van der Waals surface area contributed by atoms with E-state index in [1.807, 2.05) is 18.2 Å². The van der Waals surface area contributed by atoms with E-state index < -0.39 is 0 Å². The Morgan fingerprint density at radius 2 is 1.88 bits per heavy atom. The molecule has 4 rings (SSSR count). The fraction of sp³-hybridized carbons (Fsp3) is 0.350. The van der Waals surface area contributed by atoms with Crippen molar-refractivity contribution < 1.29 is 4.74 Å².